The normalized spacial score (nSPS) is 21.8. The second kappa shape index (κ2) is 3.52. The molecule has 3 heteroatoms. The highest BCUT2D eigenvalue weighted by Crippen LogP contribution is 2.13. The summed E-state index contributed by atoms with van der Waals surface area (Å²) >= 11 is 0. The van der Waals surface area contributed by atoms with Crippen LogP contribution in [0.25, 0.3) is 0 Å². The molecule has 0 radical (unpaired) electrons. The molecule has 1 fully saturated rings. The molecule has 1 heterocycles. The fourth-order valence-corrected chi connectivity index (χ4v) is 1.18. The molecule has 66 valence electrons. The molecule has 0 saturated carbocycles. The van der Waals surface area contributed by atoms with Gasteiger partial charge in [0.25, 0.3) is 0 Å². The van der Waals surface area contributed by atoms with Crippen molar-refractivity contribution in [2.75, 3.05) is 19.6 Å². The molecule has 0 bridgehead atoms. The number of β-amino-alcohol motifs (C(OH)–C–C–N with tert-alkyl or cyclic N) is 1. The highest BCUT2D eigenvalue weighted by Gasteiger charge is 2.33. The molecule has 1 rings (SSSR count). The van der Waals surface area contributed by atoms with E-state index in [4.69, 9.17) is 0 Å². The van der Waals surface area contributed by atoms with Gasteiger partial charge in [-0.2, -0.15) is 0 Å². The van der Waals surface area contributed by atoms with Gasteiger partial charge in [-0.05, 0) is 13.0 Å². The molecule has 0 aromatic heterocycles. The molecule has 3 N–H and O–H groups in total. The standard InChI is InChI=1S/C8H18N2O/c1-7(2)10-4-3-8(11)5-9-6-8/h7,9-11H,3-6H2,1-2H3. The second-order valence-corrected chi connectivity index (χ2v) is 3.69. The minimum absolute atomic E-state index is 0.415. The van der Waals surface area contributed by atoms with Crippen LogP contribution in [-0.4, -0.2) is 36.4 Å². The van der Waals surface area contributed by atoms with Gasteiger partial charge in [0.2, 0.25) is 0 Å². The van der Waals surface area contributed by atoms with E-state index in [-0.39, 0.29) is 0 Å². The molecule has 0 unspecified atom stereocenters. The van der Waals surface area contributed by atoms with Crippen molar-refractivity contribution < 1.29 is 5.11 Å². The first-order valence-electron chi connectivity index (χ1n) is 4.29. The largest absolute Gasteiger partial charge is 0.387 e. The van der Waals surface area contributed by atoms with Crippen LogP contribution in [0.4, 0.5) is 0 Å². The van der Waals surface area contributed by atoms with Crippen molar-refractivity contribution in [3.63, 3.8) is 0 Å². The van der Waals surface area contributed by atoms with E-state index in [1.807, 2.05) is 0 Å². The molecule has 0 spiro atoms. The van der Waals surface area contributed by atoms with Crippen molar-refractivity contribution in [2.24, 2.45) is 0 Å². The van der Waals surface area contributed by atoms with Crippen LogP contribution in [-0.2, 0) is 0 Å². The van der Waals surface area contributed by atoms with Crippen LogP contribution in [0.3, 0.4) is 0 Å². The lowest BCUT2D eigenvalue weighted by molar-refractivity contribution is -0.0168. The van der Waals surface area contributed by atoms with Crippen LogP contribution in [0.15, 0.2) is 0 Å². The minimum Gasteiger partial charge on any atom is -0.387 e. The predicted octanol–water partition coefficient (Wildman–Crippen LogP) is -0.291. The Morgan fingerprint density at radius 2 is 2.18 bits per heavy atom. The first-order chi connectivity index (χ1) is 5.12. The molecule has 3 nitrogen and oxygen atoms in total. The predicted molar refractivity (Wildman–Crippen MR) is 45.6 cm³/mol. The van der Waals surface area contributed by atoms with E-state index in [0.717, 1.165) is 26.1 Å². The first kappa shape index (κ1) is 8.97. The van der Waals surface area contributed by atoms with Gasteiger partial charge in [-0.15, -0.1) is 0 Å². The van der Waals surface area contributed by atoms with Gasteiger partial charge in [0.15, 0.2) is 0 Å². The SMILES string of the molecule is CC(C)NCCC1(O)CNC1. The lowest BCUT2D eigenvalue weighted by atomic mass is 9.93. The van der Waals surface area contributed by atoms with Crippen molar-refractivity contribution in [1.29, 1.82) is 0 Å². The Bertz CT molecular complexity index is 121. The molecule has 1 aliphatic heterocycles. The van der Waals surface area contributed by atoms with Crippen molar-refractivity contribution in [3.8, 4) is 0 Å². The number of hydrogen-bond acceptors (Lipinski definition) is 3. The smallest absolute Gasteiger partial charge is 0.0907 e. The zero-order valence-corrected chi connectivity index (χ0v) is 7.35. The fourth-order valence-electron chi connectivity index (χ4n) is 1.18. The number of nitrogens with one attached hydrogen (secondary N) is 2. The highest BCUT2D eigenvalue weighted by atomic mass is 16.3. The summed E-state index contributed by atoms with van der Waals surface area (Å²) in [6.45, 7) is 6.65. The van der Waals surface area contributed by atoms with Gasteiger partial charge >= 0.3 is 0 Å². The molecule has 1 aliphatic rings. The third kappa shape index (κ3) is 2.77. The van der Waals surface area contributed by atoms with Crippen LogP contribution < -0.4 is 10.6 Å². The van der Waals surface area contributed by atoms with E-state index in [1.54, 1.807) is 0 Å². The Balaban J connectivity index is 2.02. The lowest BCUT2D eigenvalue weighted by Gasteiger charge is -2.37. The molecule has 0 amide bonds. The maximum absolute atomic E-state index is 9.62. The minimum atomic E-state index is -0.415. The Kier molecular flexibility index (Phi) is 2.87. The van der Waals surface area contributed by atoms with Gasteiger partial charge in [0.1, 0.15) is 0 Å². The zero-order valence-electron chi connectivity index (χ0n) is 7.35. The topological polar surface area (TPSA) is 44.3 Å². The summed E-state index contributed by atoms with van der Waals surface area (Å²) in [4.78, 5) is 0. The summed E-state index contributed by atoms with van der Waals surface area (Å²) in [6, 6.07) is 0.520. The lowest BCUT2D eigenvalue weighted by Crippen LogP contribution is -2.60. The van der Waals surface area contributed by atoms with Crippen molar-refractivity contribution >= 4 is 0 Å². The summed E-state index contributed by atoms with van der Waals surface area (Å²) < 4.78 is 0. The van der Waals surface area contributed by atoms with Gasteiger partial charge in [0, 0.05) is 19.1 Å². The van der Waals surface area contributed by atoms with E-state index < -0.39 is 5.60 Å². The quantitative estimate of drug-likeness (QED) is 0.527. The van der Waals surface area contributed by atoms with Gasteiger partial charge in [-0.3, -0.25) is 0 Å². The highest BCUT2D eigenvalue weighted by molar-refractivity contribution is 4.92. The van der Waals surface area contributed by atoms with Gasteiger partial charge < -0.3 is 15.7 Å². The van der Waals surface area contributed by atoms with Crippen LogP contribution in [0.2, 0.25) is 0 Å². The number of hydrogen-bond donors (Lipinski definition) is 3. The molecule has 0 aromatic carbocycles. The second-order valence-electron chi connectivity index (χ2n) is 3.69. The van der Waals surface area contributed by atoms with Crippen LogP contribution in [0.1, 0.15) is 20.3 Å². The van der Waals surface area contributed by atoms with Crippen molar-refractivity contribution in [1.82, 2.24) is 10.6 Å². The molecular weight excluding hydrogens is 140 g/mol. The molecular formula is C8H18N2O. The average molecular weight is 158 g/mol. The van der Waals surface area contributed by atoms with Crippen molar-refractivity contribution in [2.45, 2.75) is 31.9 Å². The summed E-state index contributed by atoms with van der Waals surface area (Å²) in [5.74, 6) is 0. The molecule has 11 heavy (non-hydrogen) atoms. The number of aliphatic hydroxyl groups is 1. The summed E-state index contributed by atoms with van der Waals surface area (Å²) in [6.07, 6.45) is 0.859. The summed E-state index contributed by atoms with van der Waals surface area (Å²) in [7, 11) is 0. The third-order valence-electron chi connectivity index (χ3n) is 2.05. The van der Waals surface area contributed by atoms with Crippen LogP contribution in [0.5, 0.6) is 0 Å². The van der Waals surface area contributed by atoms with Gasteiger partial charge in [-0.1, -0.05) is 13.8 Å². The van der Waals surface area contributed by atoms with E-state index in [0.29, 0.717) is 6.04 Å². The van der Waals surface area contributed by atoms with Gasteiger partial charge in [0.05, 0.1) is 5.60 Å². The summed E-state index contributed by atoms with van der Waals surface area (Å²) in [5.41, 5.74) is -0.415. The monoisotopic (exact) mass is 158 g/mol. The van der Waals surface area contributed by atoms with E-state index in [2.05, 4.69) is 24.5 Å². The zero-order chi connectivity index (χ0) is 8.32. The maximum atomic E-state index is 9.62. The van der Waals surface area contributed by atoms with E-state index >= 15 is 0 Å². The molecule has 0 aromatic rings. The van der Waals surface area contributed by atoms with E-state index in [9.17, 15) is 5.11 Å². The Morgan fingerprint density at radius 3 is 2.55 bits per heavy atom. The van der Waals surface area contributed by atoms with Crippen molar-refractivity contribution in [3.05, 3.63) is 0 Å². The molecule has 0 atom stereocenters. The molecule has 0 aliphatic carbocycles. The average Bonchev–Trinajstić information content (AvgIpc) is 1.83. The Labute approximate surface area is 68.2 Å². The Hall–Kier alpha value is -0.120. The van der Waals surface area contributed by atoms with Crippen LogP contribution >= 0.6 is 0 Å². The third-order valence-corrected chi connectivity index (χ3v) is 2.05. The van der Waals surface area contributed by atoms with Gasteiger partial charge in [-0.25, -0.2) is 0 Å². The van der Waals surface area contributed by atoms with Crippen LogP contribution in [0, 0.1) is 0 Å². The van der Waals surface area contributed by atoms with E-state index in [1.165, 1.54) is 0 Å². The maximum Gasteiger partial charge on any atom is 0.0907 e. The molecule has 1 saturated heterocycles. The number of rotatable bonds is 4. The fraction of sp³-hybridized carbons (Fsp3) is 1.00. The first-order valence-corrected chi connectivity index (χ1v) is 4.29. The summed E-state index contributed by atoms with van der Waals surface area (Å²) in [5, 5.41) is 16.0. The Morgan fingerprint density at radius 1 is 1.55 bits per heavy atom.